The zero-order valence-electron chi connectivity index (χ0n) is 14.6. The summed E-state index contributed by atoms with van der Waals surface area (Å²) in [5.41, 5.74) is 3.22. The van der Waals surface area contributed by atoms with E-state index in [4.69, 9.17) is 0 Å². The van der Waals surface area contributed by atoms with Crippen LogP contribution in [-0.4, -0.2) is 24.5 Å². The Morgan fingerprint density at radius 2 is 1.81 bits per heavy atom. The standard InChI is InChI=1S/C21H16FN5/c1-27-14-19(26-20(27)8-7-15-4-3-9-23-11-15)17-12-24-21(25-13-17)16-5-2-6-18(22)10-16/h2-14H,1H3/b8-7+. The summed E-state index contributed by atoms with van der Waals surface area (Å²) in [7, 11) is 1.93. The van der Waals surface area contributed by atoms with Gasteiger partial charge in [-0.15, -0.1) is 0 Å². The topological polar surface area (TPSA) is 56.5 Å². The van der Waals surface area contributed by atoms with Crippen LogP contribution in [-0.2, 0) is 7.05 Å². The molecule has 0 N–H and O–H groups in total. The van der Waals surface area contributed by atoms with Crippen molar-refractivity contribution < 1.29 is 4.39 Å². The van der Waals surface area contributed by atoms with Crippen molar-refractivity contribution in [2.75, 3.05) is 0 Å². The minimum atomic E-state index is -0.310. The summed E-state index contributed by atoms with van der Waals surface area (Å²) in [4.78, 5) is 17.4. The fraction of sp³-hybridized carbons (Fsp3) is 0.0476. The molecule has 0 bridgehead atoms. The highest BCUT2D eigenvalue weighted by molar-refractivity contribution is 5.68. The van der Waals surface area contributed by atoms with Gasteiger partial charge in [-0.2, -0.15) is 0 Å². The van der Waals surface area contributed by atoms with Gasteiger partial charge in [-0.3, -0.25) is 4.98 Å². The number of rotatable bonds is 4. The number of nitrogens with zero attached hydrogens (tertiary/aromatic N) is 5. The Bertz CT molecular complexity index is 1090. The molecule has 0 radical (unpaired) electrons. The third-order valence-corrected chi connectivity index (χ3v) is 4.05. The summed E-state index contributed by atoms with van der Waals surface area (Å²) in [5, 5.41) is 0. The van der Waals surface area contributed by atoms with Crippen LogP contribution >= 0.6 is 0 Å². The minimum Gasteiger partial charge on any atom is -0.334 e. The number of pyridine rings is 1. The predicted molar refractivity (Wildman–Crippen MR) is 103 cm³/mol. The fourth-order valence-corrected chi connectivity index (χ4v) is 2.66. The maximum absolute atomic E-state index is 13.4. The van der Waals surface area contributed by atoms with Crippen LogP contribution in [0.2, 0.25) is 0 Å². The van der Waals surface area contributed by atoms with Crippen LogP contribution in [0.25, 0.3) is 34.8 Å². The van der Waals surface area contributed by atoms with Gasteiger partial charge in [0.15, 0.2) is 5.82 Å². The molecule has 3 heterocycles. The average molecular weight is 357 g/mol. The van der Waals surface area contributed by atoms with Gasteiger partial charge in [-0.1, -0.05) is 18.2 Å². The van der Waals surface area contributed by atoms with E-state index >= 15 is 0 Å². The minimum absolute atomic E-state index is 0.310. The largest absolute Gasteiger partial charge is 0.334 e. The summed E-state index contributed by atoms with van der Waals surface area (Å²) >= 11 is 0. The van der Waals surface area contributed by atoms with E-state index in [1.807, 2.05) is 42.1 Å². The Balaban J connectivity index is 1.58. The van der Waals surface area contributed by atoms with Gasteiger partial charge in [-0.05, 0) is 35.9 Å². The number of hydrogen-bond acceptors (Lipinski definition) is 4. The Morgan fingerprint density at radius 3 is 2.56 bits per heavy atom. The van der Waals surface area contributed by atoms with Crippen LogP contribution in [0, 0.1) is 5.82 Å². The van der Waals surface area contributed by atoms with Crippen molar-refractivity contribution in [3.8, 4) is 22.6 Å². The third-order valence-electron chi connectivity index (χ3n) is 4.05. The highest BCUT2D eigenvalue weighted by Crippen LogP contribution is 2.21. The molecule has 0 spiro atoms. The van der Waals surface area contributed by atoms with Crippen LogP contribution < -0.4 is 0 Å². The third kappa shape index (κ3) is 3.79. The van der Waals surface area contributed by atoms with Gasteiger partial charge in [0.2, 0.25) is 0 Å². The van der Waals surface area contributed by atoms with Gasteiger partial charge in [0.1, 0.15) is 11.6 Å². The van der Waals surface area contributed by atoms with Crippen molar-refractivity contribution in [2.45, 2.75) is 0 Å². The first-order valence-electron chi connectivity index (χ1n) is 8.39. The van der Waals surface area contributed by atoms with Crippen LogP contribution in [0.1, 0.15) is 11.4 Å². The first-order chi connectivity index (χ1) is 13.2. The maximum atomic E-state index is 13.4. The van der Waals surface area contributed by atoms with Crippen molar-refractivity contribution in [3.05, 3.63) is 84.6 Å². The highest BCUT2D eigenvalue weighted by Gasteiger charge is 2.08. The molecule has 4 rings (SSSR count). The molecule has 0 fully saturated rings. The first kappa shape index (κ1) is 16.8. The number of aryl methyl sites for hydroxylation is 1. The molecule has 5 nitrogen and oxygen atoms in total. The molecule has 0 aliphatic carbocycles. The van der Waals surface area contributed by atoms with Crippen molar-refractivity contribution in [3.63, 3.8) is 0 Å². The maximum Gasteiger partial charge on any atom is 0.159 e. The molecule has 4 aromatic rings. The fourth-order valence-electron chi connectivity index (χ4n) is 2.66. The Morgan fingerprint density at radius 1 is 0.963 bits per heavy atom. The van der Waals surface area contributed by atoms with Gasteiger partial charge in [0.25, 0.3) is 0 Å². The van der Waals surface area contributed by atoms with Crippen LogP contribution in [0.4, 0.5) is 4.39 Å². The number of halogens is 1. The number of benzene rings is 1. The molecule has 0 unspecified atom stereocenters. The molecule has 0 amide bonds. The monoisotopic (exact) mass is 357 g/mol. The summed E-state index contributed by atoms with van der Waals surface area (Å²) < 4.78 is 15.3. The molecule has 1 aromatic carbocycles. The van der Waals surface area contributed by atoms with E-state index < -0.39 is 0 Å². The second-order valence-electron chi connectivity index (χ2n) is 6.02. The number of hydrogen-bond donors (Lipinski definition) is 0. The summed E-state index contributed by atoms with van der Waals surface area (Å²) in [6.07, 6.45) is 12.7. The van der Waals surface area contributed by atoms with Gasteiger partial charge in [0.05, 0.1) is 5.69 Å². The van der Waals surface area contributed by atoms with Crippen LogP contribution in [0.5, 0.6) is 0 Å². The normalized spacial score (nSPS) is 11.2. The summed E-state index contributed by atoms with van der Waals surface area (Å²) in [5.74, 6) is 0.976. The smallest absolute Gasteiger partial charge is 0.159 e. The first-order valence-corrected chi connectivity index (χ1v) is 8.39. The number of aromatic nitrogens is 5. The van der Waals surface area contributed by atoms with Gasteiger partial charge in [-0.25, -0.2) is 19.3 Å². The lowest BCUT2D eigenvalue weighted by atomic mass is 10.2. The quantitative estimate of drug-likeness (QED) is 0.548. The van der Waals surface area contributed by atoms with E-state index in [1.54, 1.807) is 36.9 Å². The highest BCUT2D eigenvalue weighted by atomic mass is 19.1. The lowest BCUT2D eigenvalue weighted by Crippen LogP contribution is -1.90. The summed E-state index contributed by atoms with van der Waals surface area (Å²) in [6, 6.07) is 10.1. The van der Waals surface area contributed by atoms with Crippen molar-refractivity contribution in [1.29, 1.82) is 0 Å². The van der Waals surface area contributed by atoms with Gasteiger partial charge in [0, 0.05) is 49.2 Å². The Kier molecular flexibility index (Phi) is 4.53. The Labute approximate surface area is 155 Å². The van der Waals surface area contributed by atoms with Crippen LogP contribution in [0.3, 0.4) is 0 Å². The molecule has 0 atom stereocenters. The molecule has 3 aromatic heterocycles. The van der Waals surface area contributed by atoms with E-state index in [0.717, 1.165) is 22.6 Å². The van der Waals surface area contributed by atoms with E-state index in [0.29, 0.717) is 11.4 Å². The molecule has 0 saturated heterocycles. The van der Waals surface area contributed by atoms with E-state index in [9.17, 15) is 4.39 Å². The molecular formula is C21H16FN5. The number of imidazole rings is 1. The molecule has 0 aliphatic rings. The molecule has 0 aliphatic heterocycles. The molecule has 27 heavy (non-hydrogen) atoms. The van der Waals surface area contributed by atoms with Gasteiger partial charge < -0.3 is 4.57 Å². The van der Waals surface area contributed by atoms with E-state index in [2.05, 4.69) is 19.9 Å². The second kappa shape index (κ2) is 7.29. The Hall–Kier alpha value is -3.67. The van der Waals surface area contributed by atoms with Crippen molar-refractivity contribution in [2.24, 2.45) is 7.05 Å². The van der Waals surface area contributed by atoms with Crippen molar-refractivity contribution in [1.82, 2.24) is 24.5 Å². The van der Waals surface area contributed by atoms with Crippen LogP contribution in [0.15, 0.2) is 67.4 Å². The zero-order chi connectivity index (χ0) is 18.6. The van der Waals surface area contributed by atoms with Crippen molar-refractivity contribution >= 4 is 12.2 Å². The molecule has 6 heteroatoms. The molecule has 0 saturated carbocycles. The predicted octanol–water partition coefficient (Wildman–Crippen LogP) is 4.25. The lowest BCUT2D eigenvalue weighted by molar-refractivity contribution is 0.628. The second-order valence-corrected chi connectivity index (χ2v) is 6.02. The zero-order valence-corrected chi connectivity index (χ0v) is 14.6. The average Bonchev–Trinajstić information content (AvgIpc) is 3.08. The summed E-state index contributed by atoms with van der Waals surface area (Å²) in [6.45, 7) is 0. The lowest BCUT2D eigenvalue weighted by Gasteiger charge is -2.01. The van der Waals surface area contributed by atoms with E-state index in [1.165, 1.54) is 12.1 Å². The van der Waals surface area contributed by atoms with E-state index in [-0.39, 0.29) is 5.82 Å². The molecule has 132 valence electrons. The molecular weight excluding hydrogens is 341 g/mol. The SMILES string of the molecule is Cn1cc(-c2cnc(-c3cccc(F)c3)nc2)nc1/C=C/c1cccnc1. The van der Waals surface area contributed by atoms with Gasteiger partial charge >= 0.3 is 0 Å².